The van der Waals surface area contributed by atoms with Gasteiger partial charge in [0.05, 0.1) is 6.04 Å². The number of hydrogen-bond acceptors (Lipinski definition) is 7. The highest BCUT2D eigenvalue weighted by Gasteiger charge is 2.49. The fourth-order valence-electron chi connectivity index (χ4n) is 4.79. The standard InChI is InChI=1S/C23H27BrN6O2/c1-22(2,3)32-21(31)28-17-15-7-5-4-6-14(15)12-23(17)8-10-30(11-9-23)20-16(13-25)27-18(24)19(26)29-20/h4-7,17H,8-12H2,1-3H3,(H2,26,29)(H,28,31)/t17-/m0/s1. The number of carbonyl (C=O) groups is 1. The number of nitrogens with zero attached hydrogens (tertiary/aromatic N) is 4. The molecule has 0 saturated carbocycles. The maximum absolute atomic E-state index is 12.7. The van der Waals surface area contributed by atoms with Crippen molar-refractivity contribution in [2.75, 3.05) is 23.7 Å². The van der Waals surface area contributed by atoms with E-state index in [-0.39, 0.29) is 23.0 Å². The number of alkyl carbamates (subject to hydrolysis) is 1. The molecule has 1 aliphatic carbocycles. The molecule has 1 spiro atoms. The van der Waals surface area contributed by atoms with Gasteiger partial charge in [0.15, 0.2) is 17.3 Å². The number of nitriles is 1. The summed E-state index contributed by atoms with van der Waals surface area (Å²) in [6.07, 6.45) is 2.13. The third-order valence-corrected chi connectivity index (χ3v) is 6.79. The highest BCUT2D eigenvalue weighted by molar-refractivity contribution is 9.10. The van der Waals surface area contributed by atoms with Crippen LogP contribution in [0.15, 0.2) is 28.9 Å². The van der Waals surface area contributed by atoms with E-state index >= 15 is 0 Å². The summed E-state index contributed by atoms with van der Waals surface area (Å²) in [4.78, 5) is 23.4. The van der Waals surface area contributed by atoms with Gasteiger partial charge in [0.25, 0.3) is 0 Å². The molecule has 1 amide bonds. The third kappa shape index (κ3) is 4.24. The van der Waals surface area contributed by atoms with Crippen molar-refractivity contribution in [3.63, 3.8) is 0 Å². The molecule has 32 heavy (non-hydrogen) atoms. The molecule has 2 heterocycles. The summed E-state index contributed by atoms with van der Waals surface area (Å²) in [6, 6.07) is 10.3. The minimum atomic E-state index is -0.563. The summed E-state index contributed by atoms with van der Waals surface area (Å²) in [6.45, 7) is 6.96. The van der Waals surface area contributed by atoms with E-state index in [1.54, 1.807) is 0 Å². The Labute approximate surface area is 196 Å². The van der Waals surface area contributed by atoms with Crippen molar-refractivity contribution in [3.05, 3.63) is 45.7 Å². The van der Waals surface area contributed by atoms with Gasteiger partial charge < -0.3 is 20.7 Å². The van der Waals surface area contributed by atoms with Crippen LogP contribution in [0.4, 0.5) is 16.4 Å². The summed E-state index contributed by atoms with van der Waals surface area (Å²) < 4.78 is 5.93. The van der Waals surface area contributed by atoms with E-state index in [0.29, 0.717) is 23.5 Å². The van der Waals surface area contributed by atoms with Gasteiger partial charge in [-0.1, -0.05) is 24.3 Å². The van der Waals surface area contributed by atoms with Gasteiger partial charge in [-0.3, -0.25) is 0 Å². The van der Waals surface area contributed by atoms with Gasteiger partial charge in [-0.2, -0.15) is 5.26 Å². The van der Waals surface area contributed by atoms with Crippen molar-refractivity contribution < 1.29 is 9.53 Å². The lowest BCUT2D eigenvalue weighted by atomic mass is 9.72. The van der Waals surface area contributed by atoms with Gasteiger partial charge in [0.2, 0.25) is 0 Å². The van der Waals surface area contributed by atoms with E-state index in [4.69, 9.17) is 10.5 Å². The Balaban J connectivity index is 1.58. The summed E-state index contributed by atoms with van der Waals surface area (Å²) in [5.41, 5.74) is 7.90. The van der Waals surface area contributed by atoms with Crippen molar-refractivity contribution in [2.45, 2.75) is 51.7 Å². The Morgan fingerprint density at radius 2 is 2.00 bits per heavy atom. The van der Waals surface area contributed by atoms with Gasteiger partial charge >= 0.3 is 6.09 Å². The smallest absolute Gasteiger partial charge is 0.408 e. The molecule has 1 aromatic heterocycles. The van der Waals surface area contributed by atoms with Crippen LogP contribution in [0.1, 0.15) is 56.5 Å². The number of amides is 1. The molecular formula is C23H27BrN6O2. The molecule has 2 aliphatic rings. The first-order chi connectivity index (χ1) is 15.1. The van der Waals surface area contributed by atoms with Gasteiger partial charge in [-0.05, 0) is 67.1 Å². The van der Waals surface area contributed by atoms with Crippen LogP contribution in [-0.2, 0) is 11.2 Å². The van der Waals surface area contributed by atoms with Gasteiger partial charge in [-0.25, -0.2) is 14.8 Å². The molecule has 168 valence electrons. The molecule has 2 aromatic rings. The van der Waals surface area contributed by atoms with Crippen molar-refractivity contribution in [3.8, 4) is 6.07 Å². The van der Waals surface area contributed by atoms with E-state index in [1.165, 1.54) is 5.56 Å². The number of benzene rings is 1. The molecule has 3 N–H and O–H groups in total. The first kappa shape index (κ1) is 22.3. The number of piperidine rings is 1. The first-order valence-electron chi connectivity index (χ1n) is 10.7. The highest BCUT2D eigenvalue weighted by atomic mass is 79.9. The molecule has 0 unspecified atom stereocenters. The molecule has 1 aromatic carbocycles. The summed E-state index contributed by atoms with van der Waals surface area (Å²) in [7, 11) is 0. The van der Waals surface area contributed by atoms with Crippen molar-refractivity contribution in [1.82, 2.24) is 15.3 Å². The molecular weight excluding hydrogens is 472 g/mol. The van der Waals surface area contributed by atoms with Crippen LogP contribution in [0, 0.1) is 16.7 Å². The molecule has 1 aliphatic heterocycles. The Bertz CT molecular complexity index is 1080. The third-order valence-electron chi connectivity index (χ3n) is 6.21. The zero-order valence-corrected chi connectivity index (χ0v) is 20.1. The Kier molecular flexibility index (Phi) is 5.76. The second kappa shape index (κ2) is 8.24. The number of anilines is 2. The number of aromatic nitrogens is 2. The number of rotatable bonds is 2. The number of nitrogens with one attached hydrogen (secondary N) is 1. The lowest BCUT2D eigenvalue weighted by molar-refractivity contribution is 0.0428. The van der Waals surface area contributed by atoms with Gasteiger partial charge in [0.1, 0.15) is 16.3 Å². The first-order valence-corrected chi connectivity index (χ1v) is 11.5. The molecule has 0 radical (unpaired) electrons. The van der Waals surface area contributed by atoms with Crippen LogP contribution in [0.2, 0.25) is 0 Å². The predicted octanol–water partition coefficient (Wildman–Crippen LogP) is 4.10. The Morgan fingerprint density at radius 1 is 1.31 bits per heavy atom. The fourth-order valence-corrected chi connectivity index (χ4v) is 5.05. The normalized spacial score (nSPS) is 19.3. The molecule has 1 fully saturated rings. The number of carbonyl (C=O) groups excluding carboxylic acids is 1. The van der Waals surface area contributed by atoms with Gasteiger partial charge in [0, 0.05) is 18.5 Å². The lowest BCUT2D eigenvalue weighted by Crippen LogP contribution is -2.48. The lowest BCUT2D eigenvalue weighted by Gasteiger charge is -2.44. The topological polar surface area (TPSA) is 117 Å². The van der Waals surface area contributed by atoms with E-state index in [9.17, 15) is 10.1 Å². The number of halogens is 1. The maximum Gasteiger partial charge on any atom is 0.408 e. The number of nitrogen functional groups attached to an aromatic ring is 1. The molecule has 1 saturated heterocycles. The highest BCUT2D eigenvalue weighted by Crippen LogP contribution is 2.52. The average molecular weight is 499 g/mol. The monoisotopic (exact) mass is 498 g/mol. The van der Waals surface area contributed by atoms with Crippen LogP contribution >= 0.6 is 15.9 Å². The van der Waals surface area contributed by atoms with E-state index < -0.39 is 11.7 Å². The maximum atomic E-state index is 12.7. The van der Waals surface area contributed by atoms with Crippen LogP contribution in [-0.4, -0.2) is 34.8 Å². The van der Waals surface area contributed by atoms with Crippen LogP contribution in [0.25, 0.3) is 0 Å². The van der Waals surface area contributed by atoms with Crippen molar-refractivity contribution >= 4 is 33.7 Å². The number of ether oxygens (including phenoxy) is 1. The predicted molar refractivity (Wildman–Crippen MR) is 125 cm³/mol. The van der Waals surface area contributed by atoms with Crippen LogP contribution < -0.4 is 16.0 Å². The van der Waals surface area contributed by atoms with E-state index in [2.05, 4.69) is 54.3 Å². The molecule has 0 bridgehead atoms. The summed E-state index contributed by atoms with van der Waals surface area (Å²) in [5.74, 6) is 0.771. The molecule has 4 rings (SSSR count). The van der Waals surface area contributed by atoms with Crippen LogP contribution in [0.3, 0.4) is 0 Å². The average Bonchev–Trinajstić information content (AvgIpc) is 3.02. The van der Waals surface area contributed by atoms with Crippen LogP contribution in [0.5, 0.6) is 0 Å². The van der Waals surface area contributed by atoms with Crippen molar-refractivity contribution in [2.24, 2.45) is 5.41 Å². The second-order valence-electron chi connectivity index (χ2n) is 9.49. The zero-order chi connectivity index (χ0) is 23.1. The minimum absolute atomic E-state index is 0.127. The molecule has 9 heteroatoms. The zero-order valence-electron chi connectivity index (χ0n) is 18.5. The SMILES string of the molecule is CC(C)(C)OC(=O)N[C@H]1c2ccccc2CC12CCN(c1nc(N)c(Br)nc1C#N)CC2. The fraction of sp³-hybridized carbons (Fsp3) is 0.478. The molecule has 8 nitrogen and oxygen atoms in total. The largest absolute Gasteiger partial charge is 0.444 e. The van der Waals surface area contributed by atoms with E-state index in [0.717, 1.165) is 24.8 Å². The molecule has 1 atom stereocenters. The number of hydrogen-bond donors (Lipinski definition) is 2. The quantitative estimate of drug-likeness (QED) is 0.639. The number of fused-ring (bicyclic) bond motifs is 1. The van der Waals surface area contributed by atoms with E-state index in [1.807, 2.05) is 32.9 Å². The summed E-state index contributed by atoms with van der Waals surface area (Å²) in [5, 5.41) is 12.7. The second-order valence-corrected chi connectivity index (χ2v) is 10.2. The Morgan fingerprint density at radius 3 is 2.66 bits per heavy atom. The van der Waals surface area contributed by atoms with Crippen molar-refractivity contribution in [1.29, 1.82) is 5.26 Å². The van der Waals surface area contributed by atoms with Gasteiger partial charge in [-0.15, -0.1) is 0 Å². The summed E-state index contributed by atoms with van der Waals surface area (Å²) >= 11 is 3.24. The minimum Gasteiger partial charge on any atom is -0.444 e. The number of nitrogens with two attached hydrogens (primary N) is 1. The Hall–Kier alpha value is -2.86.